The summed E-state index contributed by atoms with van der Waals surface area (Å²) >= 11 is 3.38. The SMILES string of the molecule is CC(C)(CBr)CNC(=O)c1ccon1. The lowest BCUT2D eigenvalue weighted by atomic mass is 9.97. The normalized spacial score (nSPS) is 11.4. The zero-order valence-electron chi connectivity index (χ0n) is 8.21. The van der Waals surface area contributed by atoms with Crippen LogP contribution in [-0.2, 0) is 0 Å². The van der Waals surface area contributed by atoms with Gasteiger partial charge in [0, 0.05) is 17.9 Å². The van der Waals surface area contributed by atoms with Crippen LogP contribution in [0.4, 0.5) is 0 Å². The molecule has 0 aromatic carbocycles. The largest absolute Gasteiger partial charge is 0.364 e. The molecule has 0 saturated carbocycles. The smallest absolute Gasteiger partial charge is 0.273 e. The quantitative estimate of drug-likeness (QED) is 0.841. The van der Waals surface area contributed by atoms with Crippen LogP contribution in [0.1, 0.15) is 24.3 Å². The minimum atomic E-state index is -0.201. The maximum atomic E-state index is 11.4. The molecule has 0 aliphatic rings. The lowest BCUT2D eigenvalue weighted by molar-refractivity contribution is 0.0931. The number of aromatic nitrogens is 1. The Labute approximate surface area is 91.2 Å². The molecule has 0 bridgehead atoms. The molecule has 0 radical (unpaired) electrons. The van der Waals surface area contributed by atoms with E-state index in [9.17, 15) is 4.79 Å². The van der Waals surface area contributed by atoms with Crippen LogP contribution < -0.4 is 5.32 Å². The fourth-order valence-electron chi connectivity index (χ4n) is 0.787. The molecule has 1 heterocycles. The maximum Gasteiger partial charge on any atom is 0.273 e. The average molecular weight is 261 g/mol. The van der Waals surface area contributed by atoms with E-state index in [-0.39, 0.29) is 11.3 Å². The van der Waals surface area contributed by atoms with Crippen molar-refractivity contribution in [3.05, 3.63) is 18.0 Å². The molecule has 1 aromatic heterocycles. The second kappa shape index (κ2) is 4.59. The minimum Gasteiger partial charge on any atom is -0.364 e. The molecule has 0 fully saturated rings. The zero-order valence-corrected chi connectivity index (χ0v) is 9.80. The standard InChI is InChI=1S/C9H13BrN2O2/c1-9(2,5-10)6-11-8(13)7-3-4-14-12-7/h3-4H,5-6H2,1-2H3,(H,11,13). The molecule has 0 atom stereocenters. The topological polar surface area (TPSA) is 55.1 Å². The van der Waals surface area contributed by atoms with Crippen molar-refractivity contribution in [3.8, 4) is 0 Å². The van der Waals surface area contributed by atoms with Crippen molar-refractivity contribution >= 4 is 21.8 Å². The third-order valence-corrected chi connectivity index (χ3v) is 3.28. The van der Waals surface area contributed by atoms with Gasteiger partial charge in [0.25, 0.3) is 5.91 Å². The predicted octanol–water partition coefficient (Wildman–Crippen LogP) is 1.83. The number of nitrogens with one attached hydrogen (secondary N) is 1. The summed E-state index contributed by atoms with van der Waals surface area (Å²) in [6.07, 6.45) is 1.38. The monoisotopic (exact) mass is 260 g/mol. The van der Waals surface area contributed by atoms with Crippen molar-refractivity contribution in [3.63, 3.8) is 0 Å². The van der Waals surface area contributed by atoms with Gasteiger partial charge in [-0.05, 0) is 5.41 Å². The van der Waals surface area contributed by atoms with E-state index in [0.717, 1.165) is 5.33 Å². The highest BCUT2D eigenvalue weighted by Crippen LogP contribution is 2.16. The first kappa shape index (κ1) is 11.2. The van der Waals surface area contributed by atoms with Crippen LogP contribution in [0.3, 0.4) is 0 Å². The van der Waals surface area contributed by atoms with Gasteiger partial charge in [0.2, 0.25) is 0 Å². The van der Waals surface area contributed by atoms with E-state index in [1.165, 1.54) is 12.3 Å². The van der Waals surface area contributed by atoms with Crippen LogP contribution in [-0.4, -0.2) is 22.9 Å². The fourth-order valence-corrected chi connectivity index (χ4v) is 0.985. The van der Waals surface area contributed by atoms with Crippen molar-refractivity contribution < 1.29 is 9.32 Å². The average Bonchev–Trinajstić information content (AvgIpc) is 2.67. The van der Waals surface area contributed by atoms with Crippen molar-refractivity contribution in [1.82, 2.24) is 10.5 Å². The first-order chi connectivity index (χ1) is 6.55. The first-order valence-corrected chi connectivity index (χ1v) is 5.42. The van der Waals surface area contributed by atoms with Gasteiger partial charge in [0.1, 0.15) is 6.26 Å². The van der Waals surface area contributed by atoms with E-state index in [4.69, 9.17) is 0 Å². The Morgan fingerprint density at radius 3 is 2.93 bits per heavy atom. The van der Waals surface area contributed by atoms with E-state index in [2.05, 4.69) is 44.8 Å². The maximum absolute atomic E-state index is 11.4. The number of hydrogen-bond donors (Lipinski definition) is 1. The van der Waals surface area contributed by atoms with Crippen LogP contribution in [0.5, 0.6) is 0 Å². The number of carbonyl (C=O) groups is 1. The van der Waals surface area contributed by atoms with Crippen LogP contribution >= 0.6 is 15.9 Å². The second-order valence-corrected chi connectivity index (χ2v) is 4.43. The van der Waals surface area contributed by atoms with Crippen LogP contribution in [0, 0.1) is 5.41 Å². The van der Waals surface area contributed by atoms with Crippen molar-refractivity contribution in [2.24, 2.45) is 5.41 Å². The van der Waals surface area contributed by atoms with Gasteiger partial charge >= 0.3 is 0 Å². The molecule has 1 N–H and O–H groups in total. The van der Waals surface area contributed by atoms with Gasteiger partial charge in [-0.2, -0.15) is 0 Å². The Morgan fingerprint density at radius 2 is 2.43 bits per heavy atom. The summed E-state index contributed by atoms with van der Waals surface area (Å²) in [5, 5.41) is 7.16. The Hall–Kier alpha value is -0.840. The molecule has 0 aliphatic carbocycles. The van der Waals surface area contributed by atoms with Gasteiger partial charge in [0.15, 0.2) is 5.69 Å². The molecule has 1 rings (SSSR count). The molecular formula is C9H13BrN2O2. The van der Waals surface area contributed by atoms with E-state index in [1.807, 2.05) is 0 Å². The Balaban J connectivity index is 2.43. The molecule has 1 aromatic rings. The second-order valence-electron chi connectivity index (χ2n) is 3.87. The van der Waals surface area contributed by atoms with E-state index in [0.29, 0.717) is 12.2 Å². The summed E-state index contributed by atoms with van der Waals surface area (Å²) < 4.78 is 4.57. The molecule has 0 aliphatic heterocycles. The molecular weight excluding hydrogens is 248 g/mol. The van der Waals surface area contributed by atoms with Crippen molar-refractivity contribution in [1.29, 1.82) is 0 Å². The summed E-state index contributed by atoms with van der Waals surface area (Å²) in [6, 6.07) is 1.54. The Morgan fingerprint density at radius 1 is 1.71 bits per heavy atom. The van der Waals surface area contributed by atoms with E-state index >= 15 is 0 Å². The number of hydrogen-bond acceptors (Lipinski definition) is 3. The number of alkyl halides is 1. The number of nitrogens with zero attached hydrogens (tertiary/aromatic N) is 1. The van der Waals surface area contributed by atoms with Crippen molar-refractivity contribution in [2.45, 2.75) is 13.8 Å². The summed E-state index contributed by atoms with van der Waals surface area (Å²) in [5.41, 5.74) is 0.356. The highest BCUT2D eigenvalue weighted by Gasteiger charge is 2.18. The molecule has 78 valence electrons. The number of rotatable bonds is 4. The third-order valence-electron chi connectivity index (χ3n) is 1.76. The highest BCUT2D eigenvalue weighted by molar-refractivity contribution is 9.09. The molecule has 14 heavy (non-hydrogen) atoms. The van der Waals surface area contributed by atoms with Gasteiger partial charge in [-0.15, -0.1) is 0 Å². The number of halogens is 1. The molecule has 1 amide bonds. The Kier molecular flexibility index (Phi) is 3.69. The molecule has 0 unspecified atom stereocenters. The molecule has 4 nitrogen and oxygen atoms in total. The number of amides is 1. The first-order valence-electron chi connectivity index (χ1n) is 4.30. The minimum absolute atomic E-state index is 0.0411. The molecule has 0 spiro atoms. The molecule has 5 heteroatoms. The van der Waals surface area contributed by atoms with Crippen LogP contribution in [0.25, 0.3) is 0 Å². The van der Waals surface area contributed by atoms with Gasteiger partial charge in [-0.1, -0.05) is 34.9 Å². The highest BCUT2D eigenvalue weighted by atomic mass is 79.9. The zero-order chi connectivity index (χ0) is 10.6. The molecule has 0 saturated heterocycles. The summed E-state index contributed by atoms with van der Waals surface area (Å²) in [7, 11) is 0. The van der Waals surface area contributed by atoms with Gasteiger partial charge in [-0.25, -0.2) is 0 Å². The third kappa shape index (κ3) is 3.14. The predicted molar refractivity (Wildman–Crippen MR) is 56.4 cm³/mol. The lowest BCUT2D eigenvalue weighted by Gasteiger charge is -2.21. The van der Waals surface area contributed by atoms with Crippen molar-refractivity contribution in [2.75, 3.05) is 11.9 Å². The summed E-state index contributed by atoms with van der Waals surface area (Å²) in [5.74, 6) is -0.201. The number of carbonyl (C=O) groups excluding carboxylic acids is 1. The fraction of sp³-hybridized carbons (Fsp3) is 0.556. The summed E-state index contributed by atoms with van der Waals surface area (Å²) in [4.78, 5) is 11.4. The van der Waals surface area contributed by atoms with Crippen LogP contribution in [0.2, 0.25) is 0 Å². The van der Waals surface area contributed by atoms with Gasteiger partial charge in [-0.3, -0.25) is 4.79 Å². The van der Waals surface area contributed by atoms with Gasteiger partial charge in [0.05, 0.1) is 0 Å². The van der Waals surface area contributed by atoms with E-state index in [1.54, 1.807) is 0 Å². The van der Waals surface area contributed by atoms with Gasteiger partial charge < -0.3 is 9.84 Å². The van der Waals surface area contributed by atoms with E-state index < -0.39 is 0 Å². The van der Waals surface area contributed by atoms with Crippen LogP contribution in [0.15, 0.2) is 16.9 Å². The Bertz CT molecular complexity index is 296. The summed E-state index contributed by atoms with van der Waals surface area (Å²) in [6.45, 7) is 4.72. The lowest BCUT2D eigenvalue weighted by Crippen LogP contribution is -2.35.